The second-order valence-electron chi connectivity index (χ2n) is 13.3. The summed E-state index contributed by atoms with van der Waals surface area (Å²) in [5.74, 6) is 0. The van der Waals surface area contributed by atoms with Gasteiger partial charge in [-0.15, -0.1) is 9.24 Å². The van der Waals surface area contributed by atoms with Crippen LogP contribution in [0.2, 0.25) is 0 Å². The summed E-state index contributed by atoms with van der Waals surface area (Å²) in [4.78, 5) is 4.70. The molecule has 7 aromatic carbocycles. The minimum Gasteiger partial charge on any atom is -0.311 e. The van der Waals surface area contributed by atoms with Gasteiger partial charge >= 0.3 is 0 Å². The van der Waals surface area contributed by atoms with E-state index in [4.69, 9.17) is 0 Å². The minimum absolute atomic E-state index is 1.05. The molecule has 0 aromatic heterocycles. The van der Waals surface area contributed by atoms with Gasteiger partial charge < -0.3 is 9.80 Å². The zero-order valence-corrected chi connectivity index (χ0v) is 30.5. The third-order valence-corrected chi connectivity index (χ3v) is 10.1. The van der Waals surface area contributed by atoms with E-state index in [1.165, 1.54) is 44.7 Å². The fraction of sp³-hybridized carbons (Fsp3) is 0.0612. The molecule has 0 heterocycles. The van der Waals surface area contributed by atoms with Gasteiger partial charge in [0, 0.05) is 34.1 Å². The molecule has 1 aliphatic carbocycles. The van der Waals surface area contributed by atoms with Crippen molar-refractivity contribution in [3.63, 3.8) is 0 Å². The zero-order valence-electron chi connectivity index (χ0n) is 29.4. The Morgan fingerprint density at radius 3 is 1.21 bits per heavy atom. The maximum Gasteiger partial charge on any atom is 0.0467 e. The molecule has 2 nitrogen and oxygen atoms in total. The van der Waals surface area contributed by atoms with Gasteiger partial charge in [0.25, 0.3) is 0 Å². The molecule has 52 heavy (non-hydrogen) atoms. The van der Waals surface area contributed by atoms with Gasteiger partial charge in [0.1, 0.15) is 0 Å². The third kappa shape index (κ3) is 7.26. The number of rotatable bonds is 9. The normalized spacial score (nSPS) is 12.5. The Bertz CT molecular complexity index is 2320. The average Bonchev–Trinajstić information content (AvgIpc) is 3.20. The van der Waals surface area contributed by atoms with E-state index in [-0.39, 0.29) is 0 Å². The highest BCUT2D eigenvalue weighted by Gasteiger charge is 2.17. The molecule has 252 valence electrons. The molecule has 0 saturated heterocycles. The average molecular weight is 689 g/mol. The predicted octanol–water partition coefficient (Wildman–Crippen LogP) is 13.4. The van der Waals surface area contributed by atoms with Crippen molar-refractivity contribution in [2.45, 2.75) is 19.8 Å². The van der Waals surface area contributed by atoms with Crippen LogP contribution in [0.3, 0.4) is 0 Å². The summed E-state index contributed by atoms with van der Waals surface area (Å²) in [5, 5.41) is 1.15. The first-order valence-corrected chi connectivity index (χ1v) is 18.5. The summed E-state index contributed by atoms with van der Waals surface area (Å²) < 4.78 is 0. The van der Waals surface area contributed by atoms with Gasteiger partial charge in [-0.1, -0.05) is 133 Å². The van der Waals surface area contributed by atoms with Crippen molar-refractivity contribution in [1.29, 1.82) is 0 Å². The number of nitrogens with zero attached hydrogens (tertiary/aromatic N) is 2. The molecule has 0 spiro atoms. The molecule has 0 radical (unpaired) electrons. The first kappa shape index (κ1) is 33.2. The molecule has 1 aliphatic rings. The maximum atomic E-state index is 2.84. The summed E-state index contributed by atoms with van der Waals surface area (Å²) in [6, 6.07) is 65.4. The van der Waals surface area contributed by atoms with Gasteiger partial charge in [-0.25, -0.2) is 0 Å². The van der Waals surface area contributed by atoms with E-state index in [0.29, 0.717) is 0 Å². The Hall–Kier alpha value is -5.95. The number of allylic oxidation sites excluding steroid dienone is 3. The van der Waals surface area contributed by atoms with Crippen LogP contribution in [0, 0.1) is 0 Å². The van der Waals surface area contributed by atoms with Crippen LogP contribution >= 0.6 is 9.24 Å². The lowest BCUT2D eigenvalue weighted by Crippen LogP contribution is -2.16. The van der Waals surface area contributed by atoms with Crippen molar-refractivity contribution >= 4 is 43.0 Å². The van der Waals surface area contributed by atoms with E-state index >= 15 is 0 Å². The first-order valence-electron chi connectivity index (χ1n) is 17.9. The molecule has 0 fully saturated rings. The molecule has 3 heteroatoms. The third-order valence-electron chi connectivity index (χ3n) is 9.72. The van der Waals surface area contributed by atoms with Crippen molar-refractivity contribution < 1.29 is 0 Å². The fourth-order valence-corrected chi connectivity index (χ4v) is 7.30. The lowest BCUT2D eigenvalue weighted by Gasteiger charge is -2.29. The second-order valence-corrected chi connectivity index (χ2v) is 14.0. The highest BCUT2D eigenvalue weighted by Crippen LogP contribution is 2.38. The summed E-state index contributed by atoms with van der Waals surface area (Å²) in [6.45, 7) is 2.23. The van der Waals surface area contributed by atoms with E-state index < -0.39 is 0 Å². The minimum atomic E-state index is 1.05. The largest absolute Gasteiger partial charge is 0.311 e. The Balaban J connectivity index is 1.09. The molecule has 1 unspecified atom stereocenters. The lowest BCUT2D eigenvalue weighted by atomic mass is 10.0. The molecule has 1 atom stereocenters. The van der Waals surface area contributed by atoms with Gasteiger partial charge in [-0.2, -0.15) is 0 Å². The van der Waals surface area contributed by atoms with Gasteiger partial charge in [0.2, 0.25) is 0 Å². The van der Waals surface area contributed by atoms with Crippen LogP contribution in [0.15, 0.2) is 205 Å². The number of hydrogen-bond acceptors (Lipinski definition) is 2. The van der Waals surface area contributed by atoms with Crippen molar-refractivity contribution in [3.8, 4) is 33.4 Å². The summed E-state index contributed by atoms with van der Waals surface area (Å²) in [6.07, 6.45) is 6.85. The van der Waals surface area contributed by atoms with Crippen molar-refractivity contribution in [2.24, 2.45) is 0 Å². The van der Waals surface area contributed by atoms with Gasteiger partial charge in [0.05, 0.1) is 0 Å². The SMILES string of the molecule is CC1=CC(N(c2ccc(-c3ccccc3)cc2)c2ccc(-c3ccc(N(c4ccc(-c5ccccc5)cc4)c4cccc(P)c4)cc3)cc2)=CCC1. The van der Waals surface area contributed by atoms with Crippen molar-refractivity contribution in [1.82, 2.24) is 0 Å². The Kier molecular flexibility index (Phi) is 9.65. The molecular weight excluding hydrogens is 648 g/mol. The molecule has 8 rings (SSSR count). The van der Waals surface area contributed by atoms with Gasteiger partial charge in [-0.05, 0) is 125 Å². The molecule has 0 bridgehead atoms. The van der Waals surface area contributed by atoms with Crippen LogP contribution in [0.25, 0.3) is 33.4 Å². The summed E-state index contributed by atoms with van der Waals surface area (Å²) >= 11 is 0. The number of anilines is 5. The molecule has 0 amide bonds. The smallest absolute Gasteiger partial charge is 0.0467 e. The maximum absolute atomic E-state index is 2.84. The monoisotopic (exact) mass is 688 g/mol. The standard InChI is InChI=1S/C49H41N2P/c1-36-10-8-15-47(34-36)50(43-26-18-39(19-27-43)37-11-4-2-5-12-37)44-30-22-41(23-31-44)42-24-32-46(33-25-42)51(48-16-9-17-49(52)35-48)45-28-20-40(21-29-45)38-13-6-3-7-14-38/h2-7,9,11-35H,8,10,52H2,1H3. The van der Waals surface area contributed by atoms with Crippen LogP contribution in [0.4, 0.5) is 28.4 Å². The highest BCUT2D eigenvalue weighted by atomic mass is 31.0. The van der Waals surface area contributed by atoms with E-state index in [1.54, 1.807) is 0 Å². The van der Waals surface area contributed by atoms with Crippen molar-refractivity contribution in [2.75, 3.05) is 9.80 Å². The van der Waals surface area contributed by atoms with Crippen LogP contribution in [-0.2, 0) is 0 Å². The van der Waals surface area contributed by atoms with Gasteiger partial charge in [-0.3, -0.25) is 0 Å². The molecule has 0 saturated carbocycles. The quantitative estimate of drug-likeness (QED) is 0.139. The van der Waals surface area contributed by atoms with Crippen LogP contribution in [0.1, 0.15) is 19.8 Å². The molecule has 7 aromatic rings. The lowest BCUT2D eigenvalue weighted by molar-refractivity contribution is 0.933. The number of benzene rings is 7. The molecule has 0 aliphatic heterocycles. The van der Waals surface area contributed by atoms with Crippen LogP contribution < -0.4 is 15.1 Å². The zero-order chi connectivity index (χ0) is 35.3. The van der Waals surface area contributed by atoms with Gasteiger partial charge in [0.15, 0.2) is 0 Å². The van der Waals surface area contributed by atoms with E-state index in [9.17, 15) is 0 Å². The highest BCUT2D eigenvalue weighted by molar-refractivity contribution is 7.27. The Morgan fingerprint density at radius 2 is 0.808 bits per heavy atom. The topological polar surface area (TPSA) is 6.48 Å². The Labute approximate surface area is 310 Å². The number of hydrogen-bond donors (Lipinski definition) is 0. The fourth-order valence-electron chi connectivity index (χ4n) is 7.02. The first-order chi connectivity index (χ1) is 25.6. The Morgan fingerprint density at radius 1 is 0.404 bits per heavy atom. The van der Waals surface area contributed by atoms with E-state index in [0.717, 1.165) is 46.6 Å². The summed E-state index contributed by atoms with van der Waals surface area (Å²) in [7, 11) is 2.84. The molecular formula is C49H41N2P. The van der Waals surface area contributed by atoms with Crippen LogP contribution in [0.5, 0.6) is 0 Å². The predicted molar refractivity (Wildman–Crippen MR) is 226 cm³/mol. The summed E-state index contributed by atoms with van der Waals surface area (Å²) in [5.41, 5.74) is 15.5. The van der Waals surface area contributed by atoms with Crippen LogP contribution in [-0.4, -0.2) is 0 Å². The van der Waals surface area contributed by atoms with E-state index in [2.05, 4.69) is 220 Å². The van der Waals surface area contributed by atoms with Crippen molar-refractivity contribution in [3.05, 3.63) is 205 Å². The second kappa shape index (κ2) is 15.1. The molecule has 0 N–H and O–H groups in total. The van der Waals surface area contributed by atoms with E-state index in [1.807, 2.05) is 0 Å².